The molecule has 1 aliphatic carbocycles. The van der Waals surface area contributed by atoms with Crippen LogP contribution in [-0.4, -0.2) is 14.5 Å². The summed E-state index contributed by atoms with van der Waals surface area (Å²) in [7, 11) is 0. The van der Waals surface area contributed by atoms with Crippen molar-refractivity contribution in [1.82, 2.24) is 14.5 Å². The fourth-order valence-electron chi connectivity index (χ4n) is 7.80. The van der Waals surface area contributed by atoms with Gasteiger partial charge in [-0.15, -0.1) is 0 Å². The van der Waals surface area contributed by atoms with E-state index in [4.69, 9.17) is 14.4 Å². The van der Waals surface area contributed by atoms with Crippen molar-refractivity contribution in [3.63, 3.8) is 0 Å². The van der Waals surface area contributed by atoms with E-state index in [2.05, 4.69) is 122 Å². The maximum Gasteiger partial charge on any atom is 0.180 e. The zero-order valence-electron chi connectivity index (χ0n) is 26.0. The van der Waals surface area contributed by atoms with E-state index in [1.807, 2.05) is 36.4 Å². The molecule has 10 rings (SSSR count). The molecule has 0 aliphatic heterocycles. The van der Waals surface area contributed by atoms with Crippen LogP contribution in [0.1, 0.15) is 25.0 Å². The third-order valence-electron chi connectivity index (χ3n) is 10.0. The molecule has 47 heavy (non-hydrogen) atoms. The molecule has 1 aliphatic rings. The quantitative estimate of drug-likeness (QED) is 0.202. The summed E-state index contributed by atoms with van der Waals surface area (Å²) in [6, 6.07) is 49.3. The molecule has 3 heterocycles. The summed E-state index contributed by atoms with van der Waals surface area (Å²) in [5.41, 5.74) is 14.0. The van der Waals surface area contributed by atoms with Crippen LogP contribution < -0.4 is 0 Å². The molecule has 222 valence electrons. The Bertz CT molecular complexity index is 2700. The van der Waals surface area contributed by atoms with Crippen molar-refractivity contribution in [2.24, 2.45) is 0 Å². The summed E-state index contributed by atoms with van der Waals surface area (Å²) in [4.78, 5) is 10.1. The van der Waals surface area contributed by atoms with Crippen LogP contribution in [0.4, 0.5) is 0 Å². The summed E-state index contributed by atoms with van der Waals surface area (Å²) in [6.07, 6.45) is 0. The van der Waals surface area contributed by atoms with Gasteiger partial charge in [-0.05, 0) is 58.7 Å². The molecule has 4 nitrogen and oxygen atoms in total. The predicted octanol–water partition coefficient (Wildman–Crippen LogP) is 11.1. The number of fused-ring (bicyclic) bond motifs is 10. The number of para-hydroxylation sites is 2. The highest BCUT2D eigenvalue weighted by atomic mass is 16.3. The van der Waals surface area contributed by atoms with Crippen LogP contribution in [0.3, 0.4) is 0 Å². The lowest BCUT2D eigenvalue weighted by molar-refractivity contribution is 0.661. The first-order valence-corrected chi connectivity index (χ1v) is 16.1. The Labute approximate surface area is 271 Å². The highest BCUT2D eigenvalue weighted by Gasteiger charge is 2.37. The lowest BCUT2D eigenvalue weighted by Crippen LogP contribution is -2.14. The number of nitrogens with zero attached hydrogens (tertiary/aromatic N) is 3. The molecule has 0 atom stereocenters. The lowest BCUT2D eigenvalue weighted by atomic mass is 9.82. The first-order valence-electron chi connectivity index (χ1n) is 16.1. The first-order chi connectivity index (χ1) is 23.1. The van der Waals surface area contributed by atoms with Crippen LogP contribution in [0, 0.1) is 0 Å². The van der Waals surface area contributed by atoms with Gasteiger partial charge in [0.1, 0.15) is 16.8 Å². The third kappa shape index (κ3) is 3.64. The molecule has 0 fully saturated rings. The molecule has 0 N–H and O–H groups in total. The average Bonchev–Trinajstić information content (AvgIpc) is 3.74. The SMILES string of the molecule is CC1(C)c2ccccc2-c2c1ccc1c2c2ccccc2n1-c1ccc(-c2nc(-c3ccccc3)nc3c2oc2ccccc23)cc1. The van der Waals surface area contributed by atoms with Crippen molar-refractivity contribution < 1.29 is 4.42 Å². The van der Waals surface area contributed by atoms with E-state index >= 15 is 0 Å². The van der Waals surface area contributed by atoms with Crippen molar-refractivity contribution in [3.8, 4) is 39.5 Å². The number of rotatable bonds is 3. The molecule has 0 spiro atoms. The van der Waals surface area contributed by atoms with E-state index in [1.165, 1.54) is 44.1 Å². The Morgan fingerprint density at radius 2 is 1.30 bits per heavy atom. The van der Waals surface area contributed by atoms with Gasteiger partial charge in [-0.3, -0.25) is 0 Å². The minimum atomic E-state index is -0.0525. The predicted molar refractivity (Wildman–Crippen MR) is 192 cm³/mol. The Morgan fingerprint density at radius 3 is 2.15 bits per heavy atom. The second-order valence-corrected chi connectivity index (χ2v) is 13.0. The van der Waals surface area contributed by atoms with Gasteiger partial charge >= 0.3 is 0 Å². The van der Waals surface area contributed by atoms with E-state index in [0.717, 1.165) is 39.0 Å². The summed E-state index contributed by atoms with van der Waals surface area (Å²) in [5.74, 6) is 0.684. The summed E-state index contributed by atoms with van der Waals surface area (Å²) in [6.45, 7) is 4.69. The summed E-state index contributed by atoms with van der Waals surface area (Å²) < 4.78 is 8.80. The van der Waals surface area contributed by atoms with Gasteiger partial charge in [0.25, 0.3) is 0 Å². The second kappa shape index (κ2) is 9.51. The van der Waals surface area contributed by atoms with Crippen LogP contribution >= 0.6 is 0 Å². The van der Waals surface area contributed by atoms with Gasteiger partial charge in [0, 0.05) is 38.4 Å². The van der Waals surface area contributed by atoms with E-state index in [9.17, 15) is 0 Å². The number of hydrogen-bond acceptors (Lipinski definition) is 3. The fraction of sp³-hybridized carbons (Fsp3) is 0.0698. The van der Waals surface area contributed by atoms with Crippen LogP contribution in [0.2, 0.25) is 0 Å². The Balaban J connectivity index is 1.19. The van der Waals surface area contributed by atoms with Gasteiger partial charge in [-0.25, -0.2) is 9.97 Å². The number of furan rings is 1. The normalized spacial score (nSPS) is 13.5. The zero-order chi connectivity index (χ0) is 31.3. The fourth-order valence-corrected chi connectivity index (χ4v) is 7.80. The van der Waals surface area contributed by atoms with Gasteiger partial charge in [0.2, 0.25) is 0 Å². The van der Waals surface area contributed by atoms with Crippen molar-refractivity contribution >= 4 is 43.9 Å². The van der Waals surface area contributed by atoms with Crippen LogP contribution in [0.5, 0.6) is 0 Å². The molecule has 0 bridgehead atoms. The van der Waals surface area contributed by atoms with Crippen molar-refractivity contribution in [2.45, 2.75) is 19.3 Å². The minimum absolute atomic E-state index is 0.0525. The molecular weight excluding hydrogens is 574 g/mol. The standard InChI is InChI=1S/C43H29N3O/c1-43(2)32-17-9-6-14-29(32)37-33(43)24-25-35-38(37)30-15-7-10-18-34(30)46(35)28-22-20-26(21-23-28)39-41-40(31-16-8-11-19-36(31)47-41)45-42(44-39)27-12-4-3-5-13-27/h3-25H,1-2H3. The second-order valence-electron chi connectivity index (χ2n) is 13.0. The van der Waals surface area contributed by atoms with E-state index < -0.39 is 0 Å². The topological polar surface area (TPSA) is 43.9 Å². The molecule has 0 amide bonds. The molecule has 0 saturated heterocycles. The third-order valence-corrected chi connectivity index (χ3v) is 10.0. The van der Waals surface area contributed by atoms with Crippen LogP contribution in [0.25, 0.3) is 83.3 Å². The maximum atomic E-state index is 6.40. The van der Waals surface area contributed by atoms with Crippen molar-refractivity contribution in [3.05, 3.63) is 151 Å². The van der Waals surface area contributed by atoms with Gasteiger partial charge < -0.3 is 8.98 Å². The molecular formula is C43H29N3O. The van der Waals surface area contributed by atoms with Crippen LogP contribution in [0.15, 0.2) is 144 Å². The number of aromatic nitrogens is 3. The molecule has 0 unspecified atom stereocenters. The van der Waals surface area contributed by atoms with E-state index in [0.29, 0.717) is 11.4 Å². The zero-order valence-corrected chi connectivity index (χ0v) is 26.0. The maximum absolute atomic E-state index is 6.40. The van der Waals surface area contributed by atoms with E-state index in [-0.39, 0.29) is 5.41 Å². The Hall–Kier alpha value is -6.00. The Morgan fingerprint density at radius 1 is 0.574 bits per heavy atom. The number of hydrogen-bond donors (Lipinski definition) is 0. The Kier molecular flexibility index (Phi) is 5.31. The molecule has 4 heteroatoms. The molecule has 0 saturated carbocycles. The lowest BCUT2D eigenvalue weighted by Gasteiger charge is -2.21. The highest BCUT2D eigenvalue weighted by Crippen LogP contribution is 2.53. The first kappa shape index (κ1) is 26.2. The molecule has 3 aromatic heterocycles. The van der Waals surface area contributed by atoms with Gasteiger partial charge in [-0.1, -0.05) is 117 Å². The van der Waals surface area contributed by atoms with Gasteiger partial charge in [0.15, 0.2) is 11.4 Å². The average molecular weight is 604 g/mol. The smallest absolute Gasteiger partial charge is 0.180 e. The van der Waals surface area contributed by atoms with Gasteiger partial charge in [-0.2, -0.15) is 0 Å². The highest BCUT2D eigenvalue weighted by molar-refractivity contribution is 6.18. The minimum Gasteiger partial charge on any atom is -0.452 e. The van der Waals surface area contributed by atoms with Gasteiger partial charge in [0.05, 0.1) is 11.0 Å². The largest absolute Gasteiger partial charge is 0.452 e. The monoisotopic (exact) mass is 603 g/mol. The van der Waals surface area contributed by atoms with Crippen molar-refractivity contribution in [2.75, 3.05) is 0 Å². The summed E-state index contributed by atoms with van der Waals surface area (Å²) >= 11 is 0. The van der Waals surface area contributed by atoms with E-state index in [1.54, 1.807) is 0 Å². The molecule has 9 aromatic rings. The summed E-state index contributed by atoms with van der Waals surface area (Å²) in [5, 5.41) is 3.57. The van der Waals surface area contributed by atoms with Crippen molar-refractivity contribution in [1.29, 1.82) is 0 Å². The molecule has 0 radical (unpaired) electrons. The van der Waals surface area contributed by atoms with Crippen LogP contribution in [-0.2, 0) is 5.41 Å². The molecule has 6 aromatic carbocycles. The number of benzene rings is 6.